The summed E-state index contributed by atoms with van der Waals surface area (Å²) in [5.74, 6) is 3.63. The first kappa shape index (κ1) is 13.8. The lowest BCUT2D eigenvalue weighted by atomic mass is 10.2. The van der Waals surface area contributed by atoms with Crippen LogP contribution in [0.5, 0.6) is 0 Å². The molecule has 0 aliphatic carbocycles. The Hall–Kier alpha value is -0.620. The van der Waals surface area contributed by atoms with E-state index in [1.807, 2.05) is 43.7 Å². The Kier molecular flexibility index (Phi) is 5.00. The molecule has 0 unspecified atom stereocenters. The van der Waals surface area contributed by atoms with E-state index in [4.69, 9.17) is 0 Å². The first-order valence-electron chi connectivity index (χ1n) is 6.12. The smallest absolute Gasteiger partial charge is 0.221 e. The number of carbonyl (C=O) groups is 1. The second-order valence-electron chi connectivity index (χ2n) is 4.51. The first-order valence-corrected chi connectivity index (χ1v) is 8.33. The number of aromatic nitrogens is 2. The van der Waals surface area contributed by atoms with Crippen LogP contribution in [0.2, 0.25) is 0 Å². The Labute approximate surface area is 116 Å². The van der Waals surface area contributed by atoms with Gasteiger partial charge in [-0.1, -0.05) is 0 Å². The molecule has 1 aliphatic heterocycles. The van der Waals surface area contributed by atoms with Crippen LogP contribution >= 0.6 is 23.5 Å². The summed E-state index contributed by atoms with van der Waals surface area (Å²) in [7, 11) is 1.88. The average Bonchev–Trinajstić information content (AvgIpc) is 2.77. The number of hydrogen-bond donors (Lipinski definition) is 1. The molecular formula is C12H19N3OS2. The van der Waals surface area contributed by atoms with E-state index in [0.717, 1.165) is 11.3 Å². The lowest BCUT2D eigenvalue weighted by molar-refractivity contribution is -0.121. The van der Waals surface area contributed by atoms with E-state index >= 15 is 0 Å². The van der Waals surface area contributed by atoms with Gasteiger partial charge in [-0.15, -0.1) is 0 Å². The lowest BCUT2D eigenvalue weighted by Gasteiger charge is -2.21. The number of carbonyl (C=O) groups excluding carboxylic acids is 1. The van der Waals surface area contributed by atoms with E-state index in [0.29, 0.717) is 11.7 Å². The van der Waals surface area contributed by atoms with Crippen molar-refractivity contribution in [1.82, 2.24) is 15.1 Å². The van der Waals surface area contributed by atoms with Crippen molar-refractivity contribution in [3.63, 3.8) is 0 Å². The van der Waals surface area contributed by atoms with Crippen molar-refractivity contribution in [2.45, 2.75) is 24.6 Å². The summed E-state index contributed by atoms with van der Waals surface area (Å²) in [6, 6.07) is 0.0347. The van der Waals surface area contributed by atoms with Gasteiger partial charge in [0, 0.05) is 47.7 Å². The van der Waals surface area contributed by atoms with Crippen LogP contribution in [0.3, 0.4) is 0 Å². The van der Waals surface area contributed by atoms with Crippen molar-refractivity contribution >= 4 is 29.4 Å². The second kappa shape index (κ2) is 6.52. The molecule has 0 bridgehead atoms. The summed E-state index contributed by atoms with van der Waals surface area (Å²) in [6.45, 7) is 2.00. The van der Waals surface area contributed by atoms with Crippen LogP contribution in [0.1, 0.15) is 24.9 Å². The van der Waals surface area contributed by atoms with E-state index in [-0.39, 0.29) is 11.9 Å². The van der Waals surface area contributed by atoms with E-state index in [1.165, 1.54) is 11.5 Å². The van der Waals surface area contributed by atoms with Crippen molar-refractivity contribution in [1.29, 1.82) is 0 Å². The van der Waals surface area contributed by atoms with Crippen LogP contribution in [-0.4, -0.2) is 38.2 Å². The zero-order valence-corrected chi connectivity index (χ0v) is 12.4. The third-order valence-electron chi connectivity index (χ3n) is 2.90. The topological polar surface area (TPSA) is 46.9 Å². The Bertz CT molecular complexity index is 402. The van der Waals surface area contributed by atoms with E-state index in [2.05, 4.69) is 10.4 Å². The molecule has 0 saturated carbocycles. The molecule has 1 amide bonds. The third-order valence-corrected chi connectivity index (χ3v) is 5.75. The normalized spacial score (nSPS) is 21.6. The predicted molar refractivity (Wildman–Crippen MR) is 78.0 cm³/mol. The van der Waals surface area contributed by atoms with Gasteiger partial charge in [0.05, 0.1) is 12.2 Å². The predicted octanol–water partition coefficient (Wildman–Crippen LogP) is 1.84. The summed E-state index contributed by atoms with van der Waals surface area (Å²) in [6.07, 6.45) is 4.37. The molecule has 18 heavy (non-hydrogen) atoms. The highest BCUT2D eigenvalue weighted by Crippen LogP contribution is 2.26. The van der Waals surface area contributed by atoms with Gasteiger partial charge in [-0.25, -0.2) is 0 Å². The fourth-order valence-corrected chi connectivity index (χ4v) is 4.59. The number of aryl methyl sites for hydroxylation is 1. The molecule has 0 radical (unpaired) electrons. The molecule has 4 nitrogen and oxygen atoms in total. The van der Waals surface area contributed by atoms with Crippen LogP contribution in [0.15, 0.2) is 12.4 Å². The van der Waals surface area contributed by atoms with Crippen LogP contribution in [0.4, 0.5) is 0 Å². The summed E-state index contributed by atoms with van der Waals surface area (Å²) in [5, 5.41) is 7.64. The van der Waals surface area contributed by atoms with Crippen LogP contribution in [-0.2, 0) is 11.8 Å². The fraction of sp³-hybridized carbons (Fsp3) is 0.667. The second-order valence-corrected chi connectivity index (χ2v) is 7.07. The van der Waals surface area contributed by atoms with Gasteiger partial charge in [0.1, 0.15) is 0 Å². The molecule has 1 aromatic heterocycles. The summed E-state index contributed by atoms with van der Waals surface area (Å²) < 4.78 is 1.76. The summed E-state index contributed by atoms with van der Waals surface area (Å²) >= 11 is 3.87. The molecule has 0 aromatic carbocycles. The van der Waals surface area contributed by atoms with Gasteiger partial charge in [-0.05, 0) is 6.92 Å². The summed E-state index contributed by atoms with van der Waals surface area (Å²) in [4.78, 5) is 11.9. The Balaban J connectivity index is 1.79. The van der Waals surface area contributed by atoms with Crippen molar-refractivity contribution in [3.8, 4) is 0 Å². The minimum Gasteiger partial charge on any atom is -0.349 e. The van der Waals surface area contributed by atoms with Gasteiger partial charge < -0.3 is 5.32 Å². The molecule has 1 aromatic rings. The minimum absolute atomic E-state index is 0.0347. The SMILES string of the molecule is C[C@@H](NC(=O)C[C@H]1CSCCS1)c1cnn(C)c1. The highest BCUT2D eigenvalue weighted by Gasteiger charge is 2.19. The first-order chi connectivity index (χ1) is 8.65. The molecule has 1 N–H and O–H groups in total. The Morgan fingerprint density at radius 3 is 3.11 bits per heavy atom. The molecule has 1 fully saturated rings. The Morgan fingerprint density at radius 1 is 1.67 bits per heavy atom. The average molecular weight is 285 g/mol. The third kappa shape index (κ3) is 3.95. The molecule has 2 atom stereocenters. The molecule has 6 heteroatoms. The fourth-order valence-electron chi connectivity index (χ4n) is 1.91. The standard InChI is InChI=1S/C12H19N3OS2/c1-9(10-6-13-15(2)7-10)14-12(16)5-11-8-17-3-4-18-11/h6-7,9,11H,3-5,8H2,1-2H3,(H,14,16)/t9-,11+/m1/s1. The van der Waals surface area contributed by atoms with Crippen molar-refractivity contribution in [2.75, 3.05) is 17.3 Å². The highest BCUT2D eigenvalue weighted by atomic mass is 32.2. The van der Waals surface area contributed by atoms with Gasteiger partial charge in [0.15, 0.2) is 0 Å². The number of amides is 1. The molecule has 2 heterocycles. The van der Waals surface area contributed by atoms with Gasteiger partial charge in [0.2, 0.25) is 5.91 Å². The van der Waals surface area contributed by atoms with E-state index in [9.17, 15) is 4.79 Å². The number of thioether (sulfide) groups is 2. The quantitative estimate of drug-likeness (QED) is 0.917. The molecule has 1 saturated heterocycles. The number of nitrogens with one attached hydrogen (secondary N) is 1. The molecule has 0 spiro atoms. The van der Waals surface area contributed by atoms with Gasteiger partial charge in [-0.3, -0.25) is 9.48 Å². The molecule has 2 rings (SSSR count). The zero-order valence-electron chi connectivity index (χ0n) is 10.8. The van der Waals surface area contributed by atoms with Crippen molar-refractivity contribution in [3.05, 3.63) is 18.0 Å². The van der Waals surface area contributed by atoms with Crippen molar-refractivity contribution < 1.29 is 4.79 Å². The maximum atomic E-state index is 11.9. The van der Waals surface area contributed by atoms with Crippen LogP contribution in [0.25, 0.3) is 0 Å². The van der Waals surface area contributed by atoms with E-state index in [1.54, 1.807) is 10.9 Å². The van der Waals surface area contributed by atoms with Crippen molar-refractivity contribution in [2.24, 2.45) is 7.05 Å². The highest BCUT2D eigenvalue weighted by molar-refractivity contribution is 8.06. The minimum atomic E-state index is 0.0347. The van der Waals surface area contributed by atoms with Gasteiger partial charge >= 0.3 is 0 Å². The lowest BCUT2D eigenvalue weighted by Crippen LogP contribution is -2.30. The largest absolute Gasteiger partial charge is 0.349 e. The number of rotatable bonds is 4. The maximum absolute atomic E-state index is 11.9. The summed E-state index contributed by atoms with van der Waals surface area (Å²) in [5.41, 5.74) is 1.05. The van der Waals surface area contributed by atoms with E-state index < -0.39 is 0 Å². The van der Waals surface area contributed by atoms with Crippen LogP contribution in [0, 0.1) is 0 Å². The Morgan fingerprint density at radius 2 is 2.50 bits per heavy atom. The molecule has 100 valence electrons. The van der Waals surface area contributed by atoms with Gasteiger partial charge in [-0.2, -0.15) is 28.6 Å². The molecule has 1 aliphatic rings. The van der Waals surface area contributed by atoms with Crippen LogP contribution < -0.4 is 5.32 Å². The number of hydrogen-bond acceptors (Lipinski definition) is 4. The van der Waals surface area contributed by atoms with Gasteiger partial charge in [0.25, 0.3) is 0 Å². The monoisotopic (exact) mass is 285 g/mol. The maximum Gasteiger partial charge on any atom is 0.221 e. The number of nitrogens with zero attached hydrogens (tertiary/aromatic N) is 2. The zero-order chi connectivity index (χ0) is 13.0. The molecular weight excluding hydrogens is 266 g/mol.